The average Bonchev–Trinajstić information content (AvgIpc) is 2.75. The molecule has 1 aliphatic heterocycles. The third kappa shape index (κ3) is 2.00. The molecule has 1 fully saturated rings. The second kappa shape index (κ2) is 4.53. The number of nitrogens with two attached hydrogens (primary N) is 1. The van der Waals surface area contributed by atoms with Crippen LogP contribution in [0.3, 0.4) is 0 Å². The predicted octanol–water partition coefficient (Wildman–Crippen LogP) is 1.41. The molecule has 17 heavy (non-hydrogen) atoms. The van der Waals surface area contributed by atoms with Crippen molar-refractivity contribution in [3.05, 3.63) is 12.1 Å². The van der Waals surface area contributed by atoms with Crippen LogP contribution in [0.2, 0.25) is 0 Å². The Labute approximate surface area is 100 Å². The van der Waals surface area contributed by atoms with Crippen LogP contribution in [0.15, 0.2) is 12.1 Å². The van der Waals surface area contributed by atoms with Gasteiger partial charge in [0.25, 0.3) is 0 Å². The maximum Gasteiger partial charge on any atom is 0.227 e. The zero-order chi connectivity index (χ0) is 12.4. The summed E-state index contributed by atoms with van der Waals surface area (Å²) < 4.78 is 10.4. The molecule has 0 bridgehead atoms. The number of methoxy groups -OCH3 is 2. The van der Waals surface area contributed by atoms with Crippen molar-refractivity contribution in [2.45, 2.75) is 12.8 Å². The smallest absolute Gasteiger partial charge is 0.227 e. The summed E-state index contributed by atoms with van der Waals surface area (Å²) in [5.41, 5.74) is 7.07. The molecule has 1 aromatic carbocycles. The predicted molar refractivity (Wildman–Crippen MR) is 65.5 cm³/mol. The van der Waals surface area contributed by atoms with Gasteiger partial charge in [-0.05, 0) is 12.5 Å². The number of benzene rings is 1. The van der Waals surface area contributed by atoms with Gasteiger partial charge in [0.1, 0.15) is 11.5 Å². The summed E-state index contributed by atoms with van der Waals surface area (Å²) in [7, 11) is 3.11. The number of anilines is 2. The van der Waals surface area contributed by atoms with E-state index in [0.717, 1.165) is 6.42 Å². The van der Waals surface area contributed by atoms with Crippen molar-refractivity contribution in [2.24, 2.45) is 0 Å². The topological polar surface area (TPSA) is 64.8 Å². The van der Waals surface area contributed by atoms with E-state index in [1.165, 1.54) is 0 Å². The first-order chi connectivity index (χ1) is 8.17. The average molecular weight is 236 g/mol. The van der Waals surface area contributed by atoms with Gasteiger partial charge in [-0.1, -0.05) is 0 Å². The minimum atomic E-state index is 0.105. The van der Waals surface area contributed by atoms with Gasteiger partial charge >= 0.3 is 0 Å². The van der Waals surface area contributed by atoms with E-state index < -0.39 is 0 Å². The first kappa shape index (κ1) is 11.6. The normalized spacial score (nSPS) is 15.2. The molecule has 2 rings (SSSR count). The summed E-state index contributed by atoms with van der Waals surface area (Å²) in [6, 6.07) is 3.43. The molecule has 5 heteroatoms. The van der Waals surface area contributed by atoms with Crippen molar-refractivity contribution in [1.29, 1.82) is 0 Å². The van der Waals surface area contributed by atoms with Crippen molar-refractivity contribution in [1.82, 2.24) is 0 Å². The van der Waals surface area contributed by atoms with Crippen LogP contribution in [0.4, 0.5) is 11.4 Å². The lowest BCUT2D eigenvalue weighted by molar-refractivity contribution is -0.117. The molecule has 2 N–H and O–H groups in total. The van der Waals surface area contributed by atoms with Crippen LogP contribution in [0.1, 0.15) is 12.8 Å². The Bertz CT molecular complexity index is 446. The van der Waals surface area contributed by atoms with Crippen molar-refractivity contribution < 1.29 is 14.3 Å². The molecule has 0 atom stereocenters. The van der Waals surface area contributed by atoms with Gasteiger partial charge in [-0.2, -0.15) is 0 Å². The lowest BCUT2D eigenvalue weighted by Crippen LogP contribution is -2.24. The fourth-order valence-electron chi connectivity index (χ4n) is 2.02. The van der Waals surface area contributed by atoms with E-state index in [9.17, 15) is 4.79 Å². The second-order valence-corrected chi connectivity index (χ2v) is 3.91. The summed E-state index contributed by atoms with van der Waals surface area (Å²) in [6.45, 7) is 0.709. The van der Waals surface area contributed by atoms with Gasteiger partial charge in [-0.15, -0.1) is 0 Å². The Hall–Kier alpha value is -1.91. The highest BCUT2D eigenvalue weighted by Gasteiger charge is 2.25. The summed E-state index contributed by atoms with van der Waals surface area (Å²) in [5.74, 6) is 1.26. The number of hydrogen-bond acceptors (Lipinski definition) is 4. The number of carbonyl (C=O) groups is 1. The van der Waals surface area contributed by atoms with E-state index in [0.29, 0.717) is 35.8 Å². The molecule has 1 saturated heterocycles. The Balaban J connectivity index is 2.45. The third-order valence-electron chi connectivity index (χ3n) is 2.90. The number of nitrogens with zero attached hydrogens (tertiary/aromatic N) is 1. The molecule has 0 unspecified atom stereocenters. The van der Waals surface area contributed by atoms with Crippen LogP contribution in [0.25, 0.3) is 0 Å². The zero-order valence-electron chi connectivity index (χ0n) is 10.0. The van der Waals surface area contributed by atoms with Crippen LogP contribution >= 0.6 is 0 Å². The third-order valence-corrected chi connectivity index (χ3v) is 2.90. The maximum atomic E-state index is 11.7. The Kier molecular flexibility index (Phi) is 3.08. The molecule has 0 aromatic heterocycles. The summed E-state index contributed by atoms with van der Waals surface area (Å²) in [4.78, 5) is 13.4. The standard InChI is InChI=1S/C12H16N2O3/c1-16-10-7-11(17-2)9(6-8(10)13)14-5-3-4-12(14)15/h6-7H,3-5,13H2,1-2H3. The number of hydrogen-bond donors (Lipinski definition) is 1. The highest BCUT2D eigenvalue weighted by molar-refractivity contribution is 5.97. The fraction of sp³-hybridized carbons (Fsp3) is 0.417. The van der Waals surface area contributed by atoms with E-state index in [-0.39, 0.29) is 5.91 Å². The van der Waals surface area contributed by atoms with Crippen molar-refractivity contribution in [3.63, 3.8) is 0 Å². The largest absolute Gasteiger partial charge is 0.494 e. The van der Waals surface area contributed by atoms with Gasteiger partial charge in [0.15, 0.2) is 0 Å². The molecule has 0 saturated carbocycles. The van der Waals surface area contributed by atoms with Crippen LogP contribution in [0.5, 0.6) is 11.5 Å². The first-order valence-electron chi connectivity index (χ1n) is 5.49. The highest BCUT2D eigenvalue weighted by Crippen LogP contribution is 2.38. The van der Waals surface area contributed by atoms with Crippen LogP contribution in [-0.2, 0) is 4.79 Å². The van der Waals surface area contributed by atoms with Crippen LogP contribution < -0.4 is 20.1 Å². The minimum Gasteiger partial charge on any atom is -0.494 e. The van der Waals surface area contributed by atoms with Gasteiger partial charge in [0.05, 0.1) is 25.6 Å². The SMILES string of the molecule is COc1cc(OC)c(N2CCCC2=O)cc1N. The van der Waals surface area contributed by atoms with E-state index in [1.807, 2.05) is 0 Å². The molecule has 1 heterocycles. The number of ether oxygens (including phenoxy) is 2. The molecule has 0 aliphatic carbocycles. The van der Waals surface area contributed by atoms with E-state index >= 15 is 0 Å². The molecular weight excluding hydrogens is 220 g/mol. The summed E-state index contributed by atoms with van der Waals surface area (Å²) in [5, 5.41) is 0. The van der Waals surface area contributed by atoms with Gasteiger partial charge < -0.3 is 20.1 Å². The molecule has 1 aromatic rings. The van der Waals surface area contributed by atoms with E-state index in [1.54, 1.807) is 31.3 Å². The molecule has 1 aliphatic rings. The second-order valence-electron chi connectivity index (χ2n) is 3.91. The first-order valence-corrected chi connectivity index (χ1v) is 5.49. The highest BCUT2D eigenvalue weighted by atomic mass is 16.5. The number of nitrogen functional groups attached to an aromatic ring is 1. The minimum absolute atomic E-state index is 0.105. The monoisotopic (exact) mass is 236 g/mol. The zero-order valence-corrected chi connectivity index (χ0v) is 10.0. The van der Waals surface area contributed by atoms with Crippen LogP contribution in [0, 0.1) is 0 Å². The van der Waals surface area contributed by atoms with Crippen molar-refractivity contribution in [3.8, 4) is 11.5 Å². The number of carbonyl (C=O) groups excluding carboxylic acids is 1. The molecule has 5 nitrogen and oxygen atoms in total. The fourth-order valence-corrected chi connectivity index (χ4v) is 2.02. The van der Waals surface area contributed by atoms with Gasteiger partial charge in [0, 0.05) is 19.0 Å². The van der Waals surface area contributed by atoms with Gasteiger partial charge in [-0.3, -0.25) is 4.79 Å². The summed E-state index contributed by atoms with van der Waals surface area (Å²) >= 11 is 0. The molecular formula is C12H16N2O3. The lowest BCUT2D eigenvalue weighted by atomic mass is 10.2. The number of rotatable bonds is 3. The quantitative estimate of drug-likeness (QED) is 0.806. The lowest BCUT2D eigenvalue weighted by Gasteiger charge is -2.20. The molecule has 0 spiro atoms. The molecule has 0 radical (unpaired) electrons. The number of amides is 1. The molecule has 1 amide bonds. The Morgan fingerprint density at radius 2 is 1.94 bits per heavy atom. The van der Waals surface area contributed by atoms with Crippen molar-refractivity contribution >= 4 is 17.3 Å². The Morgan fingerprint density at radius 1 is 1.24 bits per heavy atom. The van der Waals surface area contributed by atoms with E-state index in [2.05, 4.69) is 0 Å². The van der Waals surface area contributed by atoms with Gasteiger partial charge in [0.2, 0.25) is 5.91 Å². The van der Waals surface area contributed by atoms with Crippen LogP contribution in [-0.4, -0.2) is 26.7 Å². The van der Waals surface area contributed by atoms with Gasteiger partial charge in [-0.25, -0.2) is 0 Å². The van der Waals surface area contributed by atoms with Crippen molar-refractivity contribution in [2.75, 3.05) is 31.4 Å². The van der Waals surface area contributed by atoms with E-state index in [4.69, 9.17) is 15.2 Å². The molecule has 92 valence electrons. The Morgan fingerprint density at radius 3 is 2.47 bits per heavy atom. The summed E-state index contributed by atoms with van der Waals surface area (Å²) in [6.07, 6.45) is 1.45. The maximum absolute atomic E-state index is 11.7.